The van der Waals surface area contributed by atoms with Crippen molar-refractivity contribution in [2.75, 3.05) is 33.9 Å². The van der Waals surface area contributed by atoms with Gasteiger partial charge in [-0.05, 0) is 32.7 Å². The minimum Gasteiger partial charge on any atom is -0.385 e. The average Bonchev–Trinajstić information content (AvgIpc) is 2.77. The van der Waals surface area contributed by atoms with Crippen LogP contribution in [0.4, 0.5) is 0 Å². The fraction of sp³-hybridized carbons (Fsp3) is 1.00. The van der Waals surface area contributed by atoms with Gasteiger partial charge in [-0.25, -0.2) is 0 Å². The molecule has 0 aromatic heterocycles. The first-order valence-electron chi connectivity index (χ1n) is 7.95. The van der Waals surface area contributed by atoms with Crippen LogP contribution in [0.1, 0.15) is 66.7 Å². The summed E-state index contributed by atoms with van der Waals surface area (Å²) < 4.78 is 10.2. The molecule has 0 radical (unpaired) electrons. The molecule has 1 saturated heterocycles. The van der Waals surface area contributed by atoms with Crippen LogP contribution in [-0.4, -0.2) is 51.0 Å². The van der Waals surface area contributed by atoms with E-state index in [2.05, 4.69) is 25.7 Å². The Balaban J connectivity index is 0. The maximum atomic E-state index is 5.32. The largest absolute Gasteiger partial charge is 0.385 e. The third kappa shape index (κ3) is 10.6. The SMILES string of the molecule is C.CCCCCCOC.CCCN1CC(OC)CC1C. The average molecular weight is 290 g/mol. The number of methoxy groups -OCH3 is 2. The molecule has 124 valence electrons. The zero-order valence-corrected chi connectivity index (χ0v) is 13.8. The summed E-state index contributed by atoms with van der Waals surface area (Å²) >= 11 is 0. The van der Waals surface area contributed by atoms with E-state index in [4.69, 9.17) is 9.47 Å². The Hall–Kier alpha value is -0.120. The molecule has 0 aromatic carbocycles. The molecule has 3 nitrogen and oxygen atoms in total. The van der Waals surface area contributed by atoms with Gasteiger partial charge in [-0.2, -0.15) is 0 Å². The second-order valence-electron chi connectivity index (χ2n) is 5.49. The van der Waals surface area contributed by atoms with Gasteiger partial charge in [-0.1, -0.05) is 40.5 Å². The van der Waals surface area contributed by atoms with Crippen molar-refractivity contribution in [2.45, 2.75) is 78.9 Å². The molecular weight excluding hydrogens is 250 g/mol. The summed E-state index contributed by atoms with van der Waals surface area (Å²) in [6.07, 6.45) is 8.15. The standard InChI is InChI=1S/C9H19NO.C7H16O.CH4/c1-4-5-10-7-9(11-3)6-8(10)2;1-3-4-5-6-7-8-2;/h8-9H,4-7H2,1-3H3;3-7H2,1-2H3;1H4. The van der Waals surface area contributed by atoms with Gasteiger partial charge in [0.05, 0.1) is 6.10 Å². The molecule has 0 saturated carbocycles. The van der Waals surface area contributed by atoms with Gasteiger partial charge in [0.1, 0.15) is 0 Å². The van der Waals surface area contributed by atoms with E-state index in [0.29, 0.717) is 6.10 Å². The van der Waals surface area contributed by atoms with E-state index in [-0.39, 0.29) is 7.43 Å². The smallest absolute Gasteiger partial charge is 0.0713 e. The molecule has 0 aromatic rings. The molecule has 1 heterocycles. The van der Waals surface area contributed by atoms with Gasteiger partial charge in [0.15, 0.2) is 0 Å². The lowest BCUT2D eigenvalue weighted by atomic mass is 10.2. The number of nitrogens with zero attached hydrogens (tertiary/aromatic N) is 1. The highest BCUT2D eigenvalue weighted by Crippen LogP contribution is 2.19. The third-order valence-electron chi connectivity index (χ3n) is 3.71. The van der Waals surface area contributed by atoms with Crippen molar-refractivity contribution in [3.8, 4) is 0 Å². The Morgan fingerprint density at radius 2 is 1.75 bits per heavy atom. The molecule has 2 unspecified atom stereocenters. The minimum atomic E-state index is 0. The molecule has 3 heteroatoms. The van der Waals surface area contributed by atoms with Gasteiger partial charge in [0.25, 0.3) is 0 Å². The second-order valence-corrected chi connectivity index (χ2v) is 5.49. The first-order valence-corrected chi connectivity index (χ1v) is 7.95. The molecule has 1 aliphatic rings. The molecule has 0 N–H and O–H groups in total. The van der Waals surface area contributed by atoms with Crippen LogP contribution in [0.3, 0.4) is 0 Å². The van der Waals surface area contributed by atoms with E-state index in [1.807, 2.05) is 7.11 Å². The second kappa shape index (κ2) is 15.3. The first kappa shape index (κ1) is 22.2. The van der Waals surface area contributed by atoms with Crippen molar-refractivity contribution in [2.24, 2.45) is 0 Å². The molecule has 0 aliphatic carbocycles. The first-order chi connectivity index (χ1) is 9.19. The summed E-state index contributed by atoms with van der Waals surface area (Å²) in [7, 11) is 3.57. The van der Waals surface area contributed by atoms with E-state index in [1.54, 1.807) is 7.11 Å². The highest BCUT2D eigenvalue weighted by molar-refractivity contribution is 4.82. The molecule has 0 bridgehead atoms. The molecule has 1 aliphatic heterocycles. The van der Waals surface area contributed by atoms with Crippen LogP contribution in [0, 0.1) is 0 Å². The van der Waals surface area contributed by atoms with Gasteiger partial charge in [0, 0.05) is 33.4 Å². The predicted molar refractivity (Wildman–Crippen MR) is 89.5 cm³/mol. The summed E-state index contributed by atoms with van der Waals surface area (Å²) in [5, 5.41) is 0. The van der Waals surface area contributed by atoms with Gasteiger partial charge < -0.3 is 9.47 Å². The summed E-state index contributed by atoms with van der Waals surface area (Å²) in [5.74, 6) is 0. The number of hydrogen-bond acceptors (Lipinski definition) is 3. The van der Waals surface area contributed by atoms with E-state index in [9.17, 15) is 0 Å². The van der Waals surface area contributed by atoms with Crippen LogP contribution in [-0.2, 0) is 9.47 Å². The molecule has 20 heavy (non-hydrogen) atoms. The van der Waals surface area contributed by atoms with Crippen LogP contribution in [0.25, 0.3) is 0 Å². The van der Waals surface area contributed by atoms with Crippen molar-refractivity contribution >= 4 is 0 Å². The van der Waals surface area contributed by atoms with Crippen LogP contribution in [0.5, 0.6) is 0 Å². The number of rotatable bonds is 8. The molecule has 1 fully saturated rings. The fourth-order valence-corrected chi connectivity index (χ4v) is 2.49. The normalized spacial score (nSPS) is 22.1. The maximum Gasteiger partial charge on any atom is 0.0713 e. The van der Waals surface area contributed by atoms with Crippen molar-refractivity contribution in [3.05, 3.63) is 0 Å². The molecule has 2 atom stereocenters. The molecular formula is C17H39NO2. The Morgan fingerprint density at radius 1 is 1.05 bits per heavy atom. The number of ether oxygens (including phenoxy) is 2. The van der Waals surface area contributed by atoms with Crippen LogP contribution < -0.4 is 0 Å². The van der Waals surface area contributed by atoms with Gasteiger partial charge in [-0.15, -0.1) is 0 Å². The Morgan fingerprint density at radius 3 is 2.20 bits per heavy atom. The lowest BCUT2D eigenvalue weighted by molar-refractivity contribution is 0.108. The summed E-state index contributed by atoms with van der Waals surface area (Å²) in [5.41, 5.74) is 0. The van der Waals surface area contributed by atoms with Gasteiger partial charge in [-0.3, -0.25) is 4.90 Å². The summed E-state index contributed by atoms with van der Waals surface area (Å²) in [6.45, 7) is 10.0. The zero-order valence-electron chi connectivity index (χ0n) is 13.8. The number of unbranched alkanes of at least 4 members (excludes halogenated alkanes) is 3. The van der Waals surface area contributed by atoms with E-state index >= 15 is 0 Å². The Bertz CT molecular complexity index is 182. The van der Waals surface area contributed by atoms with E-state index in [0.717, 1.165) is 19.2 Å². The van der Waals surface area contributed by atoms with Crippen LogP contribution in [0.15, 0.2) is 0 Å². The zero-order chi connectivity index (χ0) is 14.5. The lowest BCUT2D eigenvalue weighted by Crippen LogP contribution is -2.28. The Kier molecular flexibility index (Phi) is 16.9. The third-order valence-corrected chi connectivity index (χ3v) is 3.71. The maximum absolute atomic E-state index is 5.32. The van der Waals surface area contributed by atoms with Crippen molar-refractivity contribution in [1.82, 2.24) is 4.90 Å². The van der Waals surface area contributed by atoms with Crippen molar-refractivity contribution in [3.63, 3.8) is 0 Å². The van der Waals surface area contributed by atoms with E-state index < -0.39 is 0 Å². The quantitative estimate of drug-likeness (QED) is 0.620. The van der Waals surface area contributed by atoms with Gasteiger partial charge in [0.2, 0.25) is 0 Å². The number of likely N-dealkylation sites (tertiary alicyclic amines) is 1. The van der Waals surface area contributed by atoms with Crippen LogP contribution >= 0.6 is 0 Å². The van der Waals surface area contributed by atoms with E-state index in [1.165, 1.54) is 45.1 Å². The topological polar surface area (TPSA) is 21.7 Å². The monoisotopic (exact) mass is 289 g/mol. The number of hydrogen-bond donors (Lipinski definition) is 0. The lowest BCUT2D eigenvalue weighted by Gasteiger charge is -2.19. The predicted octanol–water partition coefficient (Wildman–Crippen LogP) is 4.35. The van der Waals surface area contributed by atoms with Crippen molar-refractivity contribution < 1.29 is 9.47 Å². The van der Waals surface area contributed by atoms with Crippen molar-refractivity contribution in [1.29, 1.82) is 0 Å². The summed E-state index contributed by atoms with van der Waals surface area (Å²) in [4.78, 5) is 2.51. The molecule has 1 rings (SSSR count). The highest BCUT2D eigenvalue weighted by Gasteiger charge is 2.27. The minimum absolute atomic E-state index is 0. The summed E-state index contributed by atoms with van der Waals surface area (Å²) in [6, 6.07) is 0.722. The van der Waals surface area contributed by atoms with Crippen LogP contribution in [0.2, 0.25) is 0 Å². The highest BCUT2D eigenvalue weighted by atomic mass is 16.5. The fourth-order valence-electron chi connectivity index (χ4n) is 2.49. The van der Waals surface area contributed by atoms with Gasteiger partial charge >= 0.3 is 0 Å². The molecule has 0 amide bonds. The Labute approximate surface area is 128 Å². The molecule has 0 spiro atoms.